The number of aliphatic hydroxyl groups excluding tert-OH is 1. The van der Waals surface area contributed by atoms with Gasteiger partial charge in [-0.05, 0) is 37.2 Å². The third kappa shape index (κ3) is 7.83. The van der Waals surface area contributed by atoms with Gasteiger partial charge in [0, 0.05) is 13.2 Å². The highest BCUT2D eigenvalue weighted by atomic mass is 16.5. The minimum atomic E-state index is 0.199. The summed E-state index contributed by atoms with van der Waals surface area (Å²) in [7, 11) is 0. The average molecular weight is 373 g/mol. The van der Waals surface area contributed by atoms with Gasteiger partial charge in [0.05, 0.1) is 12.8 Å². The van der Waals surface area contributed by atoms with Gasteiger partial charge in [0.15, 0.2) is 11.6 Å². The van der Waals surface area contributed by atoms with E-state index in [4.69, 9.17) is 10.5 Å². The quantitative estimate of drug-likeness (QED) is 0.465. The van der Waals surface area contributed by atoms with Crippen molar-refractivity contribution in [3.63, 3.8) is 0 Å². The van der Waals surface area contributed by atoms with Gasteiger partial charge in [0.1, 0.15) is 0 Å². The summed E-state index contributed by atoms with van der Waals surface area (Å²) in [4.78, 5) is 8.34. The number of benzene rings is 1. The minimum Gasteiger partial charge on any atom is -0.488 e. The molecular weight excluding hydrogens is 340 g/mol. The second kappa shape index (κ2) is 12.1. The van der Waals surface area contributed by atoms with Crippen LogP contribution >= 0.6 is 0 Å². The molecule has 1 atom stereocenters. The Kier molecular flexibility index (Phi) is 9.41. The van der Waals surface area contributed by atoms with E-state index >= 15 is 0 Å². The van der Waals surface area contributed by atoms with Crippen LogP contribution in [0.5, 0.6) is 5.75 Å². The molecule has 1 aromatic heterocycles. The zero-order valence-electron chi connectivity index (χ0n) is 16.2. The molecule has 0 fully saturated rings. The van der Waals surface area contributed by atoms with Crippen molar-refractivity contribution in [2.24, 2.45) is 5.92 Å². The van der Waals surface area contributed by atoms with Crippen LogP contribution in [0.15, 0.2) is 36.5 Å². The smallest absolute Gasteiger partial charge is 0.222 e. The molecule has 0 saturated carbocycles. The zero-order valence-corrected chi connectivity index (χ0v) is 16.2. The largest absolute Gasteiger partial charge is 0.488 e. The molecule has 0 amide bonds. The maximum Gasteiger partial charge on any atom is 0.222 e. The summed E-state index contributed by atoms with van der Waals surface area (Å²) in [6.45, 7) is 3.70. The van der Waals surface area contributed by atoms with Crippen LogP contribution in [-0.2, 0) is 6.42 Å². The number of nitrogens with two attached hydrogens (primary N) is 1. The van der Waals surface area contributed by atoms with E-state index in [0.717, 1.165) is 45.1 Å². The number of aliphatic hydroxyl groups is 1. The maximum atomic E-state index is 9.27. The van der Waals surface area contributed by atoms with E-state index in [1.54, 1.807) is 6.20 Å². The van der Waals surface area contributed by atoms with Crippen molar-refractivity contribution in [3.05, 3.63) is 42.1 Å². The Bertz CT molecular complexity index is 652. The lowest BCUT2D eigenvalue weighted by molar-refractivity contribution is 0.254. The monoisotopic (exact) mass is 372 g/mol. The number of aryl methyl sites for hydroxylation is 1. The molecule has 4 N–H and O–H groups in total. The molecule has 0 aliphatic carbocycles. The third-order valence-electron chi connectivity index (χ3n) is 4.55. The molecule has 1 heterocycles. The van der Waals surface area contributed by atoms with E-state index in [9.17, 15) is 5.11 Å². The molecule has 6 nitrogen and oxygen atoms in total. The Morgan fingerprint density at radius 3 is 2.74 bits per heavy atom. The number of nitrogens with zero attached hydrogens (tertiary/aromatic N) is 2. The molecule has 0 spiro atoms. The summed E-state index contributed by atoms with van der Waals surface area (Å²) in [6.07, 6.45) is 7.67. The number of nitrogens with one attached hydrogen (secondary N) is 1. The molecule has 0 bridgehead atoms. The first-order valence-corrected chi connectivity index (χ1v) is 9.87. The molecule has 0 aliphatic heterocycles. The normalized spacial score (nSPS) is 11.9. The predicted molar refractivity (Wildman–Crippen MR) is 110 cm³/mol. The molecule has 2 rings (SSSR count). The first kappa shape index (κ1) is 21.0. The number of ether oxygens (including phenoxy) is 1. The van der Waals surface area contributed by atoms with Gasteiger partial charge in [-0.15, -0.1) is 0 Å². The summed E-state index contributed by atoms with van der Waals surface area (Å²) in [6, 6.07) is 10.4. The number of hydrogen-bond donors (Lipinski definition) is 3. The summed E-state index contributed by atoms with van der Waals surface area (Å²) < 4.78 is 5.89. The highest BCUT2D eigenvalue weighted by Crippen LogP contribution is 2.23. The van der Waals surface area contributed by atoms with Crippen LogP contribution in [0.1, 0.15) is 44.6 Å². The van der Waals surface area contributed by atoms with Gasteiger partial charge in [-0.1, -0.05) is 50.1 Å². The van der Waals surface area contributed by atoms with Crippen LogP contribution in [0.3, 0.4) is 0 Å². The maximum absolute atomic E-state index is 9.27. The van der Waals surface area contributed by atoms with E-state index in [1.807, 2.05) is 18.2 Å². The Morgan fingerprint density at radius 1 is 1.19 bits per heavy atom. The number of anilines is 2. The number of nitrogen functional groups attached to an aromatic ring is 1. The van der Waals surface area contributed by atoms with Gasteiger partial charge in [0.2, 0.25) is 5.95 Å². The van der Waals surface area contributed by atoms with Gasteiger partial charge in [-0.2, -0.15) is 4.98 Å². The Balaban J connectivity index is 1.87. The van der Waals surface area contributed by atoms with Crippen LogP contribution in [0, 0.1) is 5.92 Å². The first-order valence-electron chi connectivity index (χ1n) is 9.87. The number of hydrogen-bond acceptors (Lipinski definition) is 6. The molecule has 2 aromatic rings. The second-order valence-corrected chi connectivity index (χ2v) is 6.78. The molecule has 6 heteroatoms. The van der Waals surface area contributed by atoms with E-state index in [0.29, 0.717) is 24.1 Å². The van der Waals surface area contributed by atoms with E-state index in [2.05, 4.69) is 34.3 Å². The highest BCUT2D eigenvalue weighted by Gasteiger charge is 2.12. The molecule has 0 radical (unpaired) electrons. The van der Waals surface area contributed by atoms with Crippen molar-refractivity contribution in [2.45, 2.75) is 45.4 Å². The highest BCUT2D eigenvalue weighted by molar-refractivity contribution is 5.51. The lowest BCUT2D eigenvalue weighted by Crippen LogP contribution is -2.18. The fourth-order valence-electron chi connectivity index (χ4n) is 2.98. The summed E-state index contributed by atoms with van der Waals surface area (Å²) in [5, 5.41) is 12.6. The van der Waals surface area contributed by atoms with Crippen molar-refractivity contribution in [1.82, 2.24) is 9.97 Å². The number of aromatic nitrogens is 2. The number of rotatable bonds is 13. The lowest BCUT2D eigenvalue weighted by Gasteiger charge is -2.18. The molecule has 0 saturated heterocycles. The topological polar surface area (TPSA) is 93.3 Å². The molecule has 148 valence electrons. The van der Waals surface area contributed by atoms with Crippen LogP contribution in [-0.4, -0.2) is 34.8 Å². The molecule has 0 aliphatic rings. The average Bonchev–Trinajstić information content (AvgIpc) is 2.69. The van der Waals surface area contributed by atoms with E-state index in [-0.39, 0.29) is 12.6 Å². The predicted octanol–water partition coefficient (Wildman–Crippen LogP) is 3.67. The second-order valence-electron chi connectivity index (χ2n) is 6.78. The van der Waals surface area contributed by atoms with Crippen molar-refractivity contribution < 1.29 is 9.84 Å². The SMILES string of the molecule is CCCCC(CCO)CNc1nc(N)ncc1OCCCc1ccccc1. The third-order valence-corrected chi connectivity index (χ3v) is 4.55. The van der Waals surface area contributed by atoms with Crippen LogP contribution in [0.4, 0.5) is 11.8 Å². The van der Waals surface area contributed by atoms with Gasteiger partial charge in [0.25, 0.3) is 0 Å². The van der Waals surface area contributed by atoms with E-state index in [1.165, 1.54) is 5.56 Å². The van der Waals surface area contributed by atoms with Gasteiger partial charge in [-0.25, -0.2) is 4.98 Å². The van der Waals surface area contributed by atoms with Crippen molar-refractivity contribution in [3.8, 4) is 5.75 Å². The van der Waals surface area contributed by atoms with Crippen molar-refractivity contribution >= 4 is 11.8 Å². The first-order chi connectivity index (χ1) is 13.2. The summed E-state index contributed by atoms with van der Waals surface area (Å²) >= 11 is 0. The van der Waals surface area contributed by atoms with Crippen LogP contribution in [0.2, 0.25) is 0 Å². The van der Waals surface area contributed by atoms with E-state index < -0.39 is 0 Å². The minimum absolute atomic E-state index is 0.199. The molecular formula is C21H32N4O2. The Labute approximate surface area is 162 Å². The summed E-state index contributed by atoms with van der Waals surface area (Å²) in [5.41, 5.74) is 7.05. The zero-order chi connectivity index (χ0) is 19.3. The van der Waals surface area contributed by atoms with Crippen molar-refractivity contribution in [1.29, 1.82) is 0 Å². The molecule has 27 heavy (non-hydrogen) atoms. The van der Waals surface area contributed by atoms with Gasteiger partial charge >= 0.3 is 0 Å². The fraction of sp³-hybridized carbons (Fsp3) is 0.524. The standard InChI is InChI=1S/C21H32N4O2/c1-2-3-8-18(12-13-26)15-23-20-19(16-24-21(22)25-20)27-14-7-11-17-9-5-4-6-10-17/h4-6,9-10,16,18,26H,2-3,7-8,11-15H2,1H3,(H3,22,23,24,25). The van der Waals surface area contributed by atoms with Crippen LogP contribution < -0.4 is 15.8 Å². The lowest BCUT2D eigenvalue weighted by atomic mass is 9.99. The molecule has 1 unspecified atom stereocenters. The Hall–Kier alpha value is -2.34. The molecule has 1 aromatic carbocycles. The van der Waals surface area contributed by atoms with Crippen molar-refractivity contribution in [2.75, 3.05) is 30.8 Å². The summed E-state index contributed by atoms with van der Waals surface area (Å²) in [5.74, 6) is 1.87. The number of unbranched alkanes of at least 4 members (excludes halogenated alkanes) is 1. The van der Waals surface area contributed by atoms with Gasteiger partial charge in [-0.3, -0.25) is 0 Å². The van der Waals surface area contributed by atoms with Gasteiger partial charge < -0.3 is 20.9 Å². The van der Waals surface area contributed by atoms with Crippen LogP contribution in [0.25, 0.3) is 0 Å². The fourth-order valence-corrected chi connectivity index (χ4v) is 2.98. The Morgan fingerprint density at radius 2 is 2.00 bits per heavy atom.